The van der Waals surface area contributed by atoms with Crippen LogP contribution in [-0.2, 0) is 6.54 Å². The van der Waals surface area contributed by atoms with Crippen LogP contribution in [0.5, 0.6) is 11.5 Å². The van der Waals surface area contributed by atoms with E-state index in [9.17, 15) is 5.11 Å². The Hall–Kier alpha value is -1.22. The van der Waals surface area contributed by atoms with E-state index >= 15 is 0 Å². The van der Waals surface area contributed by atoms with E-state index < -0.39 is 0 Å². The first-order valence-electron chi connectivity index (χ1n) is 7.38. The lowest BCUT2D eigenvalue weighted by Crippen LogP contribution is -2.41. The van der Waals surface area contributed by atoms with Crippen LogP contribution in [0.15, 0.2) is 18.2 Å². The standard InChI is InChI=1S/C16H23NO2/c1-19-16-10-12(7-8-15(16)18)11-17-9-3-5-13-4-2-6-14(13)17/h7-8,10,13-14,18H,2-6,9,11H2,1H3. The van der Waals surface area contributed by atoms with Crippen LogP contribution >= 0.6 is 0 Å². The Bertz CT molecular complexity index is 446. The number of phenols is 1. The Kier molecular flexibility index (Phi) is 3.65. The maximum atomic E-state index is 9.65. The number of fused-ring (bicyclic) bond motifs is 1. The molecule has 2 atom stereocenters. The summed E-state index contributed by atoms with van der Waals surface area (Å²) in [4.78, 5) is 2.63. The molecule has 1 aromatic carbocycles. The van der Waals surface area contributed by atoms with E-state index in [-0.39, 0.29) is 5.75 Å². The summed E-state index contributed by atoms with van der Waals surface area (Å²) in [5.74, 6) is 1.73. The molecule has 0 radical (unpaired) electrons. The highest BCUT2D eigenvalue weighted by molar-refractivity contribution is 5.41. The summed E-state index contributed by atoms with van der Waals surface area (Å²) >= 11 is 0. The molecule has 3 rings (SSSR count). The Balaban J connectivity index is 1.73. The largest absolute Gasteiger partial charge is 0.504 e. The Morgan fingerprint density at radius 1 is 1.26 bits per heavy atom. The van der Waals surface area contributed by atoms with E-state index in [4.69, 9.17) is 4.74 Å². The molecule has 2 aliphatic rings. The minimum atomic E-state index is 0.226. The third-order valence-corrected chi connectivity index (χ3v) is 4.74. The molecule has 3 heteroatoms. The highest BCUT2D eigenvalue weighted by Crippen LogP contribution is 2.37. The first-order valence-corrected chi connectivity index (χ1v) is 7.38. The normalized spacial score (nSPS) is 27.2. The third kappa shape index (κ3) is 2.57. The first-order chi connectivity index (χ1) is 9.28. The maximum Gasteiger partial charge on any atom is 0.160 e. The van der Waals surface area contributed by atoms with E-state index in [0.717, 1.165) is 18.5 Å². The molecule has 1 heterocycles. The van der Waals surface area contributed by atoms with Crippen molar-refractivity contribution in [3.63, 3.8) is 0 Å². The van der Waals surface area contributed by atoms with Gasteiger partial charge in [-0.25, -0.2) is 0 Å². The quantitative estimate of drug-likeness (QED) is 0.907. The van der Waals surface area contributed by atoms with E-state index in [0.29, 0.717) is 5.75 Å². The minimum Gasteiger partial charge on any atom is -0.504 e. The van der Waals surface area contributed by atoms with Crippen LogP contribution in [0.3, 0.4) is 0 Å². The molecule has 0 spiro atoms. The number of aromatic hydroxyl groups is 1. The highest BCUT2D eigenvalue weighted by atomic mass is 16.5. The van der Waals surface area contributed by atoms with Crippen molar-refractivity contribution in [3.8, 4) is 11.5 Å². The van der Waals surface area contributed by atoms with Crippen LogP contribution < -0.4 is 4.74 Å². The molecule has 104 valence electrons. The molecule has 0 bridgehead atoms. The second-order valence-corrected chi connectivity index (χ2v) is 5.88. The molecule has 1 aromatic rings. The van der Waals surface area contributed by atoms with E-state index in [1.165, 1.54) is 44.2 Å². The maximum absolute atomic E-state index is 9.65. The van der Waals surface area contributed by atoms with Crippen molar-refractivity contribution in [1.82, 2.24) is 4.90 Å². The topological polar surface area (TPSA) is 32.7 Å². The van der Waals surface area contributed by atoms with E-state index in [2.05, 4.69) is 4.90 Å². The first kappa shape index (κ1) is 12.8. The molecule has 2 fully saturated rings. The van der Waals surface area contributed by atoms with Crippen molar-refractivity contribution in [2.24, 2.45) is 5.92 Å². The number of rotatable bonds is 3. The summed E-state index contributed by atoms with van der Waals surface area (Å²) in [7, 11) is 1.60. The van der Waals surface area contributed by atoms with Crippen molar-refractivity contribution < 1.29 is 9.84 Å². The molecule has 1 N–H and O–H groups in total. The molecule has 1 aliphatic heterocycles. The van der Waals surface area contributed by atoms with Crippen LogP contribution in [0.1, 0.15) is 37.7 Å². The molecular formula is C16H23NO2. The summed E-state index contributed by atoms with van der Waals surface area (Å²) in [5.41, 5.74) is 1.24. The number of ether oxygens (including phenoxy) is 1. The van der Waals surface area contributed by atoms with Gasteiger partial charge < -0.3 is 9.84 Å². The van der Waals surface area contributed by atoms with Crippen molar-refractivity contribution in [1.29, 1.82) is 0 Å². The van der Waals surface area contributed by atoms with Crippen LogP contribution in [0.25, 0.3) is 0 Å². The van der Waals surface area contributed by atoms with Gasteiger partial charge in [-0.05, 0) is 55.8 Å². The highest BCUT2D eigenvalue weighted by Gasteiger charge is 2.34. The molecule has 2 unspecified atom stereocenters. The summed E-state index contributed by atoms with van der Waals surface area (Å²) in [6, 6.07) is 6.50. The van der Waals surface area contributed by atoms with Gasteiger partial charge in [0.15, 0.2) is 11.5 Å². The number of piperidine rings is 1. The minimum absolute atomic E-state index is 0.226. The predicted molar refractivity (Wildman–Crippen MR) is 75.4 cm³/mol. The van der Waals surface area contributed by atoms with Crippen molar-refractivity contribution in [2.75, 3.05) is 13.7 Å². The fourth-order valence-corrected chi connectivity index (χ4v) is 3.81. The zero-order valence-electron chi connectivity index (χ0n) is 11.6. The van der Waals surface area contributed by atoms with Crippen molar-refractivity contribution in [3.05, 3.63) is 23.8 Å². The summed E-state index contributed by atoms with van der Waals surface area (Å²) in [6.07, 6.45) is 6.92. The average molecular weight is 261 g/mol. The fraction of sp³-hybridized carbons (Fsp3) is 0.625. The Morgan fingerprint density at radius 3 is 2.95 bits per heavy atom. The van der Waals surface area contributed by atoms with Gasteiger partial charge in [0, 0.05) is 12.6 Å². The van der Waals surface area contributed by atoms with Gasteiger partial charge in [-0.15, -0.1) is 0 Å². The van der Waals surface area contributed by atoms with Gasteiger partial charge in [-0.1, -0.05) is 12.5 Å². The third-order valence-electron chi connectivity index (χ3n) is 4.74. The van der Waals surface area contributed by atoms with Gasteiger partial charge in [-0.3, -0.25) is 4.90 Å². The smallest absolute Gasteiger partial charge is 0.160 e. The van der Waals surface area contributed by atoms with Gasteiger partial charge in [0.05, 0.1) is 7.11 Å². The second-order valence-electron chi connectivity index (χ2n) is 5.88. The predicted octanol–water partition coefficient (Wildman–Crippen LogP) is 3.17. The number of likely N-dealkylation sites (tertiary alicyclic amines) is 1. The lowest BCUT2D eigenvalue weighted by Gasteiger charge is -2.37. The lowest BCUT2D eigenvalue weighted by molar-refractivity contribution is 0.106. The zero-order valence-corrected chi connectivity index (χ0v) is 11.6. The molecule has 0 amide bonds. The number of hydrogen-bond acceptors (Lipinski definition) is 3. The van der Waals surface area contributed by atoms with Crippen molar-refractivity contribution >= 4 is 0 Å². The van der Waals surface area contributed by atoms with Crippen LogP contribution in [0.4, 0.5) is 0 Å². The average Bonchev–Trinajstić information content (AvgIpc) is 2.90. The molecular weight excluding hydrogens is 238 g/mol. The SMILES string of the molecule is COc1cc(CN2CCCC3CCCC32)ccc1O. The van der Waals surface area contributed by atoms with Gasteiger partial charge in [0.25, 0.3) is 0 Å². The molecule has 3 nitrogen and oxygen atoms in total. The van der Waals surface area contributed by atoms with Gasteiger partial charge >= 0.3 is 0 Å². The monoisotopic (exact) mass is 261 g/mol. The lowest BCUT2D eigenvalue weighted by atomic mass is 9.91. The molecule has 1 saturated heterocycles. The number of methoxy groups -OCH3 is 1. The zero-order chi connectivity index (χ0) is 13.2. The second kappa shape index (κ2) is 5.41. The Morgan fingerprint density at radius 2 is 2.11 bits per heavy atom. The fourth-order valence-electron chi connectivity index (χ4n) is 3.81. The van der Waals surface area contributed by atoms with Crippen LogP contribution in [-0.4, -0.2) is 29.7 Å². The number of benzene rings is 1. The van der Waals surface area contributed by atoms with Crippen molar-refractivity contribution in [2.45, 2.75) is 44.7 Å². The van der Waals surface area contributed by atoms with Crippen LogP contribution in [0.2, 0.25) is 0 Å². The number of hydrogen-bond donors (Lipinski definition) is 1. The number of nitrogens with zero attached hydrogens (tertiary/aromatic N) is 1. The van der Waals surface area contributed by atoms with Crippen LogP contribution in [0, 0.1) is 5.92 Å². The van der Waals surface area contributed by atoms with Gasteiger partial charge in [0.1, 0.15) is 0 Å². The summed E-state index contributed by atoms with van der Waals surface area (Å²) in [6.45, 7) is 2.20. The van der Waals surface area contributed by atoms with Gasteiger partial charge in [0.2, 0.25) is 0 Å². The Labute approximate surface area is 115 Å². The summed E-state index contributed by atoms with van der Waals surface area (Å²) < 4.78 is 5.19. The van der Waals surface area contributed by atoms with Gasteiger partial charge in [-0.2, -0.15) is 0 Å². The molecule has 19 heavy (non-hydrogen) atoms. The van der Waals surface area contributed by atoms with E-state index in [1.54, 1.807) is 13.2 Å². The number of phenolic OH excluding ortho intramolecular Hbond substituents is 1. The summed E-state index contributed by atoms with van der Waals surface area (Å²) in [5, 5.41) is 9.65. The molecule has 1 aliphatic carbocycles. The molecule has 0 aromatic heterocycles. The molecule has 1 saturated carbocycles. The van der Waals surface area contributed by atoms with E-state index in [1.807, 2.05) is 12.1 Å².